The number of nitrogens with one attached hydrogen (secondary N) is 1. The lowest BCUT2D eigenvalue weighted by molar-refractivity contribution is -0.136. The lowest BCUT2D eigenvalue weighted by atomic mass is 9.52. The topological polar surface area (TPSA) is 128 Å². The van der Waals surface area contributed by atoms with Crippen molar-refractivity contribution < 1.29 is 23.1 Å². The average Bonchev–Trinajstić information content (AvgIpc) is 2.94. The highest BCUT2D eigenvalue weighted by atomic mass is 32.2. The molecular formula is C29H38N6O5S. The number of fused-ring (bicyclic) bond motifs is 1. The molecule has 8 rings (SSSR count). The monoisotopic (exact) mass is 582 g/mol. The summed E-state index contributed by atoms with van der Waals surface area (Å²) in [6, 6.07) is 8.23. The number of sulfonamides is 1. The number of anilines is 3. The van der Waals surface area contributed by atoms with Gasteiger partial charge in [0.05, 0.1) is 41.3 Å². The van der Waals surface area contributed by atoms with Crippen LogP contribution in [0.3, 0.4) is 0 Å². The Kier molecular flexibility index (Phi) is 6.62. The van der Waals surface area contributed by atoms with Gasteiger partial charge in [-0.3, -0.25) is 4.90 Å². The zero-order valence-electron chi connectivity index (χ0n) is 23.4. The van der Waals surface area contributed by atoms with Crippen molar-refractivity contribution in [3.8, 4) is 6.01 Å². The predicted octanol–water partition coefficient (Wildman–Crippen LogP) is 2.89. The number of para-hydroxylation sites is 2. The Morgan fingerprint density at radius 3 is 2.29 bits per heavy atom. The molecule has 0 radical (unpaired) electrons. The maximum atomic E-state index is 13.6. The van der Waals surface area contributed by atoms with Crippen molar-refractivity contribution in [2.45, 2.75) is 62.7 Å². The summed E-state index contributed by atoms with van der Waals surface area (Å²) in [5, 5.41) is 14.3. The van der Waals surface area contributed by atoms with E-state index in [1.54, 1.807) is 12.4 Å². The van der Waals surface area contributed by atoms with E-state index in [1.807, 2.05) is 29.2 Å². The third-order valence-corrected chi connectivity index (χ3v) is 11.2. The molecule has 5 atom stereocenters. The summed E-state index contributed by atoms with van der Waals surface area (Å²) in [6.07, 6.45) is 10.5. The molecule has 4 aliphatic carbocycles. The van der Waals surface area contributed by atoms with Crippen LogP contribution >= 0.6 is 0 Å². The van der Waals surface area contributed by atoms with Crippen LogP contribution in [0.25, 0.3) is 0 Å². The number of ether oxygens (including phenoxy) is 1. The van der Waals surface area contributed by atoms with Crippen LogP contribution in [0.15, 0.2) is 36.7 Å². The molecule has 41 heavy (non-hydrogen) atoms. The number of aliphatic hydroxyl groups is 1. The molecule has 2 aliphatic heterocycles. The van der Waals surface area contributed by atoms with Crippen LogP contribution in [0.4, 0.5) is 21.9 Å². The van der Waals surface area contributed by atoms with Crippen LogP contribution < -0.4 is 19.9 Å². The fourth-order valence-electron chi connectivity index (χ4n) is 8.22. The van der Waals surface area contributed by atoms with Crippen LogP contribution in [0, 0.1) is 17.8 Å². The normalized spacial score (nSPS) is 31.7. The molecule has 5 fully saturated rings. The van der Waals surface area contributed by atoms with E-state index in [0.717, 1.165) is 49.2 Å². The molecule has 11 nitrogen and oxygen atoms in total. The highest BCUT2D eigenvalue weighted by molar-refractivity contribution is 7.88. The fraction of sp³-hybridized carbons (Fsp3) is 0.621. The minimum Gasteiger partial charge on any atom is -0.460 e. The maximum absolute atomic E-state index is 13.6. The first-order valence-electron chi connectivity index (χ1n) is 14.8. The number of hydrogen-bond donors (Lipinski definition) is 2. The second kappa shape index (κ2) is 10.1. The fourth-order valence-corrected chi connectivity index (χ4v) is 9.09. The van der Waals surface area contributed by atoms with Gasteiger partial charge >= 0.3 is 12.0 Å². The van der Waals surface area contributed by atoms with Gasteiger partial charge in [0, 0.05) is 32.2 Å². The number of carbonyl (C=O) groups excluding carboxylic acids is 1. The summed E-state index contributed by atoms with van der Waals surface area (Å²) in [7, 11) is -3.18. The summed E-state index contributed by atoms with van der Waals surface area (Å²) in [6.45, 7) is 1.98. The lowest BCUT2D eigenvalue weighted by Crippen LogP contribution is -2.63. The van der Waals surface area contributed by atoms with Crippen LogP contribution in [0.1, 0.15) is 44.9 Å². The molecule has 2 aromatic rings. The van der Waals surface area contributed by atoms with Crippen molar-refractivity contribution in [1.29, 1.82) is 0 Å². The molecule has 12 heteroatoms. The maximum Gasteiger partial charge on any atom is 0.322 e. The zero-order chi connectivity index (χ0) is 28.4. The molecular weight excluding hydrogens is 544 g/mol. The van der Waals surface area contributed by atoms with Gasteiger partial charge in [0.25, 0.3) is 0 Å². The van der Waals surface area contributed by atoms with Crippen LogP contribution in [0.2, 0.25) is 0 Å². The Morgan fingerprint density at radius 2 is 1.66 bits per heavy atom. The number of aromatic nitrogens is 2. The van der Waals surface area contributed by atoms with Gasteiger partial charge in [0.2, 0.25) is 10.0 Å². The number of piperidine rings is 1. The second-order valence-electron chi connectivity index (χ2n) is 12.7. The SMILES string of the molecule is CS(=O)(=O)N1CCC(Oc2ncc(N3CCN(C(=O)NC4[C@@H]5CC6C[C@H]4CC(O)(C6)C5)c4ccccc43)cn2)CC1. The molecule has 6 aliphatic rings. The number of urea groups is 1. The number of hydrogen-bond acceptors (Lipinski definition) is 8. The summed E-state index contributed by atoms with van der Waals surface area (Å²) in [5.74, 6) is 1.32. The first-order chi connectivity index (χ1) is 19.6. The van der Waals surface area contributed by atoms with Crippen LogP contribution in [0.5, 0.6) is 6.01 Å². The van der Waals surface area contributed by atoms with E-state index < -0.39 is 15.6 Å². The van der Waals surface area contributed by atoms with Crippen molar-refractivity contribution in [3.05, 3.63) is 36.7 Å². The number of rotatable bonds is 5. The van der Waals surface area contributed by atoms with Crippen molar-refractivity contribution >= 4 is 33.1 Å². The van der Waals surface area contributed by atoms with E-state index in [-0.39, 0.29) is 24.2 Å². The Balaban J connectivity index is 1.02. The minimum atomic E-state index is -3.18. The largest absolute Gasteiger partial charge is 0.460 e. The van der Waals surface area contributed by atoms with Crippen molar-refractivity contribution in [2.24, 2.45) is 17.8 Å². The third kappa shape index (κ3) is 5.14. The molecule has 4 saturated carbocycles. The second-order valence-corrected chi connectivity index (χ2v) is 14.6. The molecule has 1 saturated heterocycles. The summed E-state index contributed by atoms with van der Waals surface area (Å²) in [4.78, 5) is 26.5. The predicted molar refractivity (Wildman–Crippen MR) is 154 cm³/mol. The number of benzene rings is 1. The van der Waals surface area contributed by atoms with Gasteiger partial charge in [-0.25, -0.2) is 27.5 Å². The molecule has 2 N–H and O–H groups in total. The Hall–Kier alpha value is -2.96. The van der Waals surface area contributed by atoms with Crippen molar-refractivity contribution in [1.82, 2.24) is 19.6 Å². The van der Waals surface area contributed by atoms with Crippen LogP contribution in [-0.4, -0.2) is 84.0 Å². The summed E-state index contributed by atoms with van der Waals surface area (Å²) in [5.41, 5.74) is 2.05. The minimum absolute atomic E-state index is 0.0662. The standard InChI is InChI=1S/C29H38N6O5S/c1-41(38,39)33-8-6-23(7-9-33)40-27-30-17-22(18-31-27)34-10-11-35(25-5-3-2-4-24(25)34)28(36)32-26-20-12-19-13-21(26)16-29(37,14-19)15-20/h2-5,17-21,23,26,37H,6-16H2,1H3,(H,32,36)/t19?,20-,21+,26?,29?. The summed E-state index contributed by atoms with van der Waals surface area (Å²) >= 11 is 0. The van der Waals surface area contributed by atoms with Gasteiger partial charge in [-0.15, -0.1) is 0 Å². The Morgan fingerprint density at radius 1 is 1.00 bits per heavy atom. The molecule has 1 aromatic heterocycles. The average molecular weight is 583 g/mol. The quantitative estimate of drug-likeness (QED) is 0.551. The first-order valence-corrected chi connectivity index (χ1v) is 16.6. The molecule has 1 aromatic carbocycles. The lowest BCUT2D eigenvalue weighted by Gasteiger charge is -2.58. The van der Waals surface area contributed by atoms with Gasteiger partial charge in [0.15, 0.2) is 0 Å². The number of nitrogens with zero attached hydrogens (tertiary/aromatic N) is 5. The zero-order valence-corrected chi connectivity index (χ0v) is 24.2. The molecule has 0 spiro atoms. The van der Waals surface area contributed by atoms with E-state index >= 15 is 0 Å². The van der Waals surface area contributed by atoms with Crippen LogP contribution in [-0.2, 0) is 10.0 Å². The number of carbonyl (C=O) groups is 1. The van der Waals surface area contributed by atoms with E-state index in [4.69, 9.17) is 4.74 Å². The molecule has 2 amide bonds. The molecule has 3 unspecified atom stereocenters. The van der Waals surface area contributed by atoms with E-state index in [9.17, 15) is 18.3 Å². The molecule has 3 heterocycles. The van der Waals surface area contributed by atoms with Gasteiger partial charge in [-0.2, -0.15) is 0 Å². The Bertz CT molecular complexity index is 1400. The highest BCUT2D eigenvalue weighted by Crippen LogP contribution is 2.55. The van der Waals surface area contributed by atoms with Gasteiger partial charge < -0.3 is 20.1 Å². The van der Waals surface area contributed by atoms with Crippen molar-refractivity contribution in [2.75, 3.05) is 42.2 Å². The van der Waals surface area contributed by atoms with Gasteiger partial charge in [0.1, 0.15) is 6.10 Å². The molecule has 220 valence electrons. The van der Waals surface area contributed by atoms with Crippen molar-refractivity contribution in [3.63, 3.8) is 0 Å². The van der Waals surface area contributed by atoms with E-state index in [0.29, 0.717) is 56.8 Å². The van der Waals surface area contributed by atoms with Gasteiger partial charge in [-0.1, -0.05) is 12.1 Å². The van der Waals surface area contributed by atoms with E-state index in [1.165, 1.54) is 10.6 Å². The molecule has 4 bridgehead atoms. The van der Waals surface area contributed by atoms with E-state index in [2.05, 4.69) is 20.2 Å². The number of amides is 2. The highest BCUT2D eigenvalue weighted by Gasteiger charge is 2.55. The Labute approximate surface area is 240 Å². The first kappa shape index (κ1) is 26.9. The third-order valence-electron chi connectivity index (χ3n) is 9.85. The smallest absolute Gasteiger partial charge is 0.322 e. The summed E-state index contributed by atoms with van der Waals surface area (Å²) < 4.78 is 30.9. The van der Waals surface area contributed by atoms with Gasteiger partial charge in [-0.05, 0) is 74.8 Å².